The second-order valence-corrected chi connectivity index (χ2v) is 7.92. The Morgan fingerprint density at radius 1 is 1.12 bits per heavy atom. The monoisotopic (exact) mass is 435 g/mol. The third kappa shape index (κ3) is 4.12. The van der Waals surface area contributed by atoms with E-state index in [-0.39, 0.29) is 16.6 Å². The number of aryl methyl sites for hydroxylation is 1. The zero-order valence-electron chi connectivity index (χ0n) is 13.6. The molecular formula is C17H14BrN3O4S. The maximum atomic E-state index is 12.3. The second kappa shape index (κ2) is 7.30. The number of benzene rings is 2. The molecule has 0 unspecified atom stereocenters. The van der Waals surface area contributed by atoms with Gasteiger partial charge in [-0.2, -0.15) is 0 Å². The summed E-state index contributed by atoms with van der Waals surface area (Å²) < 4.78 is 32.5. The molecule has 0 saturated carbocycles. The van der Waals surface area contributed by atoms with Crippen LogP contribution < -0.4 is 10.0 Å². The predicted octanol–water partition coefficient (Wildman–Crippen LogP) is 3.80. The molecule has 2 aromatic carbocycles. The molecule has 3 rings (SSSR count). The smallest absolute Gasteiger partial charge is 0.263 e. The Labute approximate surface area is 158 Å². The van der Waals surface area contributed by atoms with Crippen molar-refractivity contribution in [3.05, 3.63) is 70.4 Å². The Hall–Kier alpha value is -2.65. The maximum absolute atomic E-state index is 12.3. The van der Waals surface area contributed by atoms with E-state index in [2.05, 4.69) is 31.1 Å². The van der Waals surface area contributed by atoms with Gasteiger partial charge >= 0.3 is 0 Å². The molecule has 0 aliphatic heterocycles. The number of rotatable bonds is 5. The number of aromatic nitrogens is 1. The highest BCUT2D eigenvalue weighted by Crippen LogP contribution is 2.20. The molecule has 1 aromatic heterocycles. The molecule has 7 nitrogen and oxygen atoms in total. The molecule has 1 amide bonds. The van der Waals surface area contributed by atoms with E-state index in [0.717, 1.165) is 0 Å². The Balaban J connectivity index is 1.74. The van der Waals surface area contributed by atoms with Crippen LogP contribution in [0.4, 0.5) is 11.5 Å². The fourth-order valence-electron chi connectivity index (χ4n) is 2.17. The summed E-state index contributed by atoms with van der Waals surface area (Å²) in [5.74, 6) is 0.297. The lowest BCUT2D eigenvalue weighted by Crippen LogP contribution is -2.14. The van der Waals surface area contributed by atoms with Crippen LogP contribution in [0.15, 0.2) is 68.5 Å². The highest BCUT2D eigenvalue weighted by atomic mass is 79.9. The van der Waals surface area contributed by atoms with Crippen LogP contribution in [0.3, 0.4) is 0 Å². The standard InChI is InChI=1S/C17H14BrN3O4S/c1-11-10-16(20-25-11)21-26(23,24)13-8-6-12(7-9-13)19-17(22)14-4-2-3-5-15(14)18/h2-10H,1H3,(H,19,22)(H,20,21). The van der Waals surface area contributed by atoms with Gasteiger partial charge in [0.2, 0.25) is 0 Å². The van der Waals surface area contributed by atoms with Gasteiger partial charge in [-0.3, -0.25) is 9.52 Å². The zero-order chi connectivity index (χ0) is 18.7. The molecule has 26 heavy (non-hydrogen) atoms. The molecule has 0 bridgehead atoms. The van der Waals surface area contributed by atoms with Crippen LogP contribution in [0.2, 0.25) is 0 Å². The Morgan fingerprint density at radius 2 is 1.81 bits per heavy atom. The number of carbonyl (C=O) groups excluding carboxylic acids is 1. The number of carbonyl (C=O) groups is 1. The summed E-state index contributed by atoms with van der Waals surface area (Å²) in [7, 11) is -3.80. The van der Waals surface area contributed by atoms with Crippen molar-refractivity contribution in [3.63, 3.8) is 0 Å². The first kappa shape index (κ1) is 18.2. The molecule has 134 valence electrons. The number of nitrogens with zero attached hydrogens (tertiary/aromatic N) is 1. The van der Waals surface area contributed by atoms with Crippen LogP contribution in [0.1, 0.15) is 16.1 Å². The number of hydrogen-bond acceptors (Lipinski definition) is 5. The summed E-state index contributed by atoms with van der Waals surface area (Å²) in [6, 6.07) is 14.3. The Kier molecular flexibility index (Phi) is 5.10. The van der Waals surface area contributed by atoms with E-state index in [9.17, 15) is 13.2 Å². The molecule has 0 atom stereocenters. The summed E-state index contributed by atoms with van der Waals surface area (Å²) in [6.07, 6.45) is 0. The van der Waals surface area contributed by atoms with Crippen LogP contribution in [0.5, 0.6) is 0 Å². The fraction of sp³-hybridized carbons (Fsp3) is 0.0588. The van der Waals surface area contributed by atoms with Crippen LogP contribution in [-0.2, 0) is 10.0 Å². The molecule has 0 aliphatic rings. The van der Waals surface area contributed by atoms with Crippen molar-refractivity contribution < 1.29 is 17.7 Å². The van der Waals surface area contributed by atoms with Gasteiger partial charge in [-0.25, -0.2) is 8.42 Å². The minimum atomic E-state index is -3.80. The van der Waals surface area contributed by atoms with Crippen molar-refractivity contribution in [2.75, 3.05) is 10.0 Å². The number of halogens is 1. The quantitative estimate of drug-likeness (QED) is 0.634. The van der Waals surface area contributed by atoms with Crippen molar-refractivity contribution in [2.24, 2.45) is 0 Å². The van der Waals surface area contributed by atoms with Crippen LogP contribution in [0, 0.1) is 6.92 Å². The summed E-state index contributed by atoms with van der Waals surface area (Å²) in [4.78, 5) is 12.3. The molecule has 0 radical (unpaired) electrons. The van der Waals surface area contributed by atoms with E-state index in [0.29, 0.717) is 21.5 Å². The molecule has 0 saturated heterocycles. The van der Waals surface area contributed by atoms with Crippen molar-refractivity contribution in [1.29, 1.82) is 0 Å². The normalized spacial score (nSPS) is 11.2. The van der Waals surface area contributed by atoms with Crippen LogP contribution >= 0.6 is 15.9 Å². The van der Waals surface area contributed by atoms with Gasteiger partial charge in [0.1, 0.15) is 5.76 Å². The fourth-order valence-corrected chi connectivity index (χ4v) is 3.62. The van der Waals surface area contributed by atoms with E-state index in [1.54, 1.807) is 25.1 Å². The van der Waals surface area contributed by atoms with E-state index in [4.69, 9.17) is 4.52 Å². The number of sulfonamides is 1. The molecule has 0 aliphatic carbocycles. The topological polar surface area (TPSA) is 101 Å². The first-order chi connectivity index (χ1) is 12.3. The maximum Gasteiger partial charge on any atom is 0.263 e. The Bertz CT molecular complexity index is 1050. The van der Waals surface area contributed by atoms with Gasteiger partial charge in [-0.05, 0) is 59.3 Å². The first-order valence-electron chi connectivity index (χ1n) is 7.47. The average molecular weight is 436 g/mol. The first-order valence-corrected chi connectivity index (χ1v) is 9.75. The van der Waals surface area contributed by atoms with Crippen molar-refractivity contribution in [2.45, 2.75) is 11.8 Å². The van der Waals surface area contributed by atoms with Crippen molar-refractivity contribution in [3.8, 4) is 0 Å². The minimum Gasteiger partial charge on any atom is -0.360 e. The lowest BCUT2D eigenvalue weighted by molar-refractivity contribution is 0.102. The van der Waals surface area contributed by atoms with Gasteiger partial charge in [-0.1, -0.05) is 17.3 Å². The summed E-state index contributed by atoms with van der Waals surface area (Å²) in [5, 5.41) is 6.32. The highest BCUT2D eigenvalue weighted by Gasteiger charge is 2.16. The SMILES string of the molecule is Cc1cc(NS(=O)(=O)c2ccc(NC(=O)c3ccccc3Br)cc2)no1. The molecular weight excluding hydrogens is 422 g/mol. The van der Waals surface area contributed by atoms with Crippen molar-refractivity contribution >= 4 is 43.4 Å². The van der Waals surface area contributed by atoms with E-state index >= 15 is 0 Å². The molecule has 1 heterocycles. The minimum absolute atomic E-state index is 0.0389. The van der Waals surface area contributed by atoms with Gasteiger partial charge in [0.05, 0.1) is 10.5 Å². The van der Waals surface area contributed by atoms with Gasteiger partial charge in [0.15, 0.2) is 5.82 Å². The predicted molar refractivity (Wildman–Crippen MR) is 101 cm³/mol. The molecule has 0 fully saturated rings. The number of anilines is 2. The Morgan fingerprint density at radius 3 is 2.42 bits per heavy atom. The summed E-state index contributed by atoms with van der Waals surface area (Å²) in [5.41, 5.74) is 0.953. The van der Waals surface area contributed by atoms with Crippen LogP contribution in [-0.4, -0.2) is 19.5 Å². The van der Waals surface area contributed by atoms with Gasteiger partial charge < -0.3 is 9.84 Å². The van der Waals surface area contributed by atoms with E-state index in [1.165, 1.54) is 30.3 Å². The van der Waals surface area contributed by atoms with Gasteiger partial charge in [0, 0.05) is 16.2 Å². The van der Waals surface area contributed by atoms with E-state index in [1.807, 2.05) is 6.07 Å². The largest absolute Gasteiger partial charge is 0.360 e. The number of amides is 1. The summed E-state index contributed by atoms with van der Waals surface area (Å²) >= 11 is 3.32. The van der Waals surface area contributed by atoms with E-state index < -0.39 is 10.0 Å². The molecule has 9 heteroatoms. The van der Waals surface area contributed by atoms with Crippen molar-refractivity contribution in [1.82, 2.24) is 5.16 Å². The second-order valence-electron chi connectivity index (χ2n) is 5.39. The molecule has 2 N–H and O–H groups in total. The zero-order valence-corrected chi connectivity index (χ0v) is 16.0. The van der Waals surface area contributed by atoms with Gasteiger partial charge in [-0.15, -0.1) is 0 Å². The number of nitrogens with one attached hydrogen (secondary N) is 2. The summed E-state index contributed by atoms with van der Waals surface area (Å²) in [6.45, 7) is 1.66. The lowest BCUT2D eigenvalue weighted by Gasteiger charge is -2.08. The number of hydrogen-bond donors (Lipinski definition) is 2. The highest BCUT2D eigenvalue weighted by molar-refractivity contribution is 9.10. The average Bonchev–Trinajstić information content (AvgIpc) is 3.00. The molecule has 0 spiro atoms. The lowest BCUT2D eigenvalue weighted by atomic mass is 10.2. The third-order valence-electron chi connectivity index (χ3n) is 3.41. The van der Waals surface area contributed by atoms with Gasteiger partial charge in [0.25, 0.3) is 15.9 Å². The third-order valence-corrected chi connectivity index (χ3v) is 5.47. The molecule has 3 aromatic rings. The van der Waals surface area contributed by atoms with Crippen LogP contribution in [0.25, 0.3) is 0 Å².